The van der Waals surface area contributed by atoms with Gasteiger partial charge in [0, 0.05) is 29.6 Å². The van der Waals surface area contributed by atoms with Gasteiger partial charge in [-0.15, -0.1) is 11.3 Å². The molecule has 0 unspecified atom stereocenters. The summed E-state index contributed by atoms with van der Waals surface area (Å²) in [6, 6.07) is 6.11. The SMILES string of the molecule is Cc1cccc(CN(C)c2nc3sccn3c2CBr)n1. The summed E-state index contributed by atoms with van der Waals surface area (Å²) in [5.74, 6) is 1.01. The van der Waals surface area contributed by atoms with Gasteiger partial charge < -0.3 is 4.90 Å². The summed E-state index contributed by atoms with van der Waals surface area (Å²) < 4.78 is 2.13. The van der Waals surface area contributed by atoms with Crippen LogP contribution >= 0.6 is 27.3 Å². The van der Waals surface area contributed by atoms with Crippen molar-refractivity contribution in [3.8, 4) is 0 Å². The van der Waals surface area contributed by atoms with Gasteiger partial charge in [-0.3, -0.25) is 9.38 Å². The predicted octanol–water partition coefficient (Wildman–Crippen LogP) is 3.63. The van der Waals surface area contributed by atoms with Crippen molar-refractivity contribution in [3.05, 3.63) is 46.9 Å². The Balaban J connectivity index is 1.92. The van der Waals surface area contributed by atoms with Crippen LogP contribution in [0, 0.1) is 6.92 Å². The highest BCUT2D eigenvalue weighted by atomic mass is 79.9. The van der Waals surface area contributed by atoms with Crippen LogP contribution in [0.15, 0.2) is 29.8 Å². The van der Waals surface area contributed by atoms with Crippen LogP contribution in [0.2, 0.25) is 0 Å². The van der Waals surface area contributed by atoms with Gasteiger partial charge in [0.05, 0.1) is 17.9 Å². The van der Waals surface area contributed by atoms with E-state index in [0.717, 1.165) is 34.0 Å². The zero-order valence-corrected chi connectivity index (χ0v) is 13.8. The molecule has 0 aliphatic heterocycles. The minimum atomic E-state index is 0.756. The second kappa shape index (κ2) is 5.54. The molecule has 6 heteroatoms. The van der Waals surface area contributed by atoms with Crippen molar-refractivity contribution >= 4 is 38.0 Å². The summed E-state index contributed by atoms with van der Waals surface area (Å²) in [5, 5.41) is 2.84. The second-order valence-electron chi connectivity index (χ2n) is 4.70. The van der Waals surface area contributed by atoms with Crippen LogP contribution < -0.4 is 4.90 Å². The molecule has 0 atom stereocenters. The summed E-state index contributed by atoms with van der Waals surface area (Å²) in [4.78, 5) is 12.4. The molecule has 3 heterocycles. The van der Waals surface area contributed by atoms with Crippen molar-refractivity contribution in [3.63, 3.8) is 0 Å². The normalized spacial score (nSPS) is 11.2. The first kappa shape index (κ1) is 13.6. The van der Waals surface area contributed by atoms with Crippen LogP contribution in [-0.2, 0) is 11.9 Å². The van der Waals surface area contributed by atoms with Crippen molar-refractivity contribution in [1.29, 1.82) is 0 Å². The molecule has 104 valence electrons. The van der Waals surface area contributed by atoms with Gasteiger partial charge in [-0.2, -0.15) is 0 Å². The molecule has 20 heavy (non-hydrogen) atoms. The number of aromatic nitrogens is 3. The van der Waals surface area contributed by atoms with Crippen LogP contribution in [0.5, 0.6) is 0 Å². The van der Waals surface area contributed by atoms with E-state index in [1.165, 1.54) is 5.69 Å². The van der Waals surface area contributed by atoms with Crippen molar-refractivity contribution in [2.45, 2.75) is 18.8 Å². The van der Waals surface area contributed by atoms with Crippen LogP contribution in [-0.4, -0.2) is 21.4 Å². The average Bonchev–Trinajstić information content (AvgIpc) is 2.98. The maximum Gasteiger partial charge on any atom is 0.195 e. The van der Waals surface area contributed by atoms with E-state index >= 15 is 0 Å². The van der Waals surface area contributed by atoms with E-state index in [9.17, 15) is 0 Å². The number of anilines is 1. The number of aryl methyl sites for hydroxylation is 1. The van der Waals surface area contributed by atoms with Gasteiger partial charge in [0.2, 0.25) is 0 Å². The van der Waals surface area contributed by atoms with Crippen LogP contribution in [0.4, 0.5) is 5.82 Å². The van der Waals surface area contributed by atoms with E-state index in [-0.39, 0.29) is 0 Å². The van der Waals surface area contributed by atoms with Gasteiger partial charge in [0.1, 0.15) is 0 Å². The zero-order chi connectivity index (χ0) is 14.1. The molecule has 0 saturated heterocycles. The standard InChI is InChI=1S/C14H15BrN4S/c1-10-4-3-5-11(16-10)9-18(2)13-12(8-15)19-6-7-20-14(19)17-13/h3-7H,8-9H2,1-2H3. The predicted molar refractivity (Wildman–Crippen MR) is 86.8 cm³/mol. The third-order valence-electron chi connectivity index (χ3n) is 3.17. The van der Waals surface area contributed by atoms with Gasteiger partial charge in [-0.1, -0.05) is 22.0 Å². The number of alkyl halides is 1. The van der Waals surface area contributed by atoms with E-state index in [4.69, 9.17) is 4.98 Å². The lowest BCUT2D eigenvalue weighted by molar-refractivity contribution is 0.857. The summed E-state index contributed by atoms with van der Waals surface area (Å²) in [7, 11) is 2.06. The van der Waals surface area contributed by atoms with Crippen molar-refractivity contribution in [2.75, 3.05) is 11.9 Å². The average molecular weight is 351 g/mol. The molecule has 0 fully saturated rings. The highest BCUT2D eigenvalue weighted by Crippen LogP contribution is 2.26. The number of imidazole rings is 1. The zero-order valence-electron chi connectivity index (χ0n) is 11.4. The van der Waals surface area contributed by atoms with Crippen molar-refractivity contribution in [1.82, 2.24) is 14.4 Å². The number of halogens is 1. The van der Waals surface area contributed by atoms with E-state index in [1.54, 1.807) is 11.3 Å². The Hall–Kier alpha value is -1.40. The summed E-state index contributed by atoms with van der Waals surface area (Å²) in [6.07, 6.45) is 2.06. The number of hydrogen-bond donors (Lipinski definition) is 0. The Labute approximate surface area is 130 Å². The molecule has 0 aromatic carbocycles. The third-order valence-corrected chi connectivity index (χ3v) is 4.46. The fraction of sp³-hybridized carbons (Fsp3) is 0.286. The molecule has 4 nitrogen and oxygen atoms in total. The minimum Gasteiger partial charge on any atom is -0.352 e. The minimum absolute atomic E-state index is 0.756. The molecule has 0 aliphatic carbocycles. The van der Waals surface area contributed by atoms with E-state index < -0.39 is 0 Å². The fourth-order valence-electron chi connectivity index (χ4n) is 2.26. The first-order chi connectivity index (χ1) is 9.69. The molecule has 0 N–H and O–H groups in total. The van der Waals surface area contributed by atoms with Gasteiger partial charge in [0.15, 0.2) is 10.8 Å². The molecule has 3 aromatic rings. The Morgan fingerprint density at radius 3 is 2.95 bits per heavy atom. The van der Waals surface area contributed by atoms with Gasteiger partial charge in [0.25, 0.3) is 0 Å². The molecule has 0 amide bonds. The monoisotopic (exact) mass is 350 g/mol. The Bertz CT molecular complexity index is 734. The number of hydrogen-bond acceptors (Lipinski definition) is 4. The molecule has 3 rings (SSSR count). The van der Waals surface area contributed by atoms with E-state index in [0.29, 0.717) is 0 Å². The van der Waals surface area contributed by atoms with E-state index in [1.807, 2.05) is 19.1 Å². The van der Waals surface area contributed by atoms with Crippen LogP contribution in [0.25, 0.3) is 4.96 Å². The first-order valence-corrected chi connectivity index (χ1v) is 8.33. The first-order valence-electron chi connectivity index (χ1n) is 6.33. The quantitative estimate of drug-likeness (QED) is 0.673. The lowest BCUT2D eigenvalue weighted by Crippen LogP contribution is -2.19. The molecule has 0 radical (unpaired) electrons. The Morgan fingerprint density at radius 1 is 1.35 bits per heavy atom. The molecule has 0 spiro atoms. The number of nitrogens with zero attached hydrogens (tertiary/aromatic N) is 4. The highest BCUT2D eigenvalue weighted by molar-refractivity contribution is 9.08. The summed E-state index contributed by atoms with van der Waals surface area (Å²) in [5.41, 5.74) is 3.28. The van der Waals surface area contributed by atoms with Crippen LogP contribution in [0.1, 0.15) is 17.1 Å². The molecule has 0 aliphatic rings. The number of fused-ring (bicyclic) bond motifs is 1. The number of pyridine rings is 1. The molecule has 0 bridgehead atoms. The Morgan fingerprint density at radius 2 is 2.20 bits per heavy atom. The molecular weight excluding hydrogens is 336 g/mol. The number of rotatable bonds is 4. The topological polar surface area (TPSA) is 33.4 Å². The number of thiazole rings is 1. The van der Waals surface area contributed by atoms with Gasteiger partial charge in [-0.25, -0.2) is 4.98 Å². The second-order valence-corrected chi connectivity index (χ2v) is 6.13. The smallest absolute Gasteiger partial charge is 0.195 e. The van der Waals surface area contributed by atoms with E-state index in [2.05, 4.69) is 54.9 Å². The lowest BCUT2D eigenvalue weighted by Gasteiger charge is -2.17. The fourth-order valence-corrected chi connectivity index (χ4v) is 3.51. The highest BCUT2D eigenvalue weighted by Gasteiger charge is 2.16. The largest absolute Gasteiger partial charge is 0.352 e. The summed E-state index contributed by atoms with van der Waals surface area (Å²) in [6.45, 7) is 2.77. The maximum atomic E-state index is 4.71. The lowest BCUT2D eigenvalue weighted by atomic mass is 10.3. The Kier molecular flexibility index (Phi) is 3.76. The maximum absolute atomic E-state index is 4.71. The summed E-state index contributed by atoms with van der Waals surface area (Å²) >= 11 is 5.21. The molecule has 3 aromatic heterocycles. The van der Waals surface area contributed by atoms with Gasteiger partial charge >= 0.3 is 0 Å². The van der Waals surface area contributed by atoms with Gasteiger partial charge in [-0.05, 0) is 19.1 Å². The third kappa shape index (κ3) is 2.45. The molecular formula is C14H15BrN4S. The van der Waals surface area contributed by atoms with Crippen molar-refractivity contribution in [2.24, 2.45) is 0 Å². The molecule has 0 saturated carbocycles. The van der Waals surface area contributed by atoms with Crippen molar-refractivity contribution < 1.29 is 0 Å². The van der Waals surface area contributed by atoms with Crippen LogP contribution in [0.3, 0.4) is 0 Å².